The van der Waals surface area contributed by atoms with Gasteiger partial charge < -0.3 is 20.1 Å². The van der Waals surface area contributed by atoms with Crippen molar-refractivity contribution in [2.75, 3.05) is 31.6 Å². The zero-order valence-electron chi connectivity index (χ0n) is 18.8. The van der Waals surface area contributed by atoms with Gasteiger partial charge in [0.1, 0.15) is 11.6 Å². The molecule has 0 aliphatic carbocycles. The normalized spacial score (nSPS) is 18.4. The summed E-state index contributed by atoms with van der Waals surface area (Å²) in [6.07, 6.45) is 1.30. The van der Waals surface area contributed by atoms with Crippen LogP contribution in [0.15, 0.2) is 18.2 Å². The minimum Gasteiger partial charge on any atom is -0.494 e. The highest BCUT2D eigenvalue weighted by Gasteiger charge is 2.24. The predicted molar refractivity (Wildman–Crippen MR) is 129 cm³/mol. The molecule has 0 amide bonds. The second-order valence-electron chi connectivity index (χ2n) is 8.03. The van der Waals surface area contributed by atoms with Crippen molar-refractivity contribution >= 4 is 34.7 Å². The number of benzene rings is 1. The molecule has 2 atom stereocenters. The van der Waals surface area contributed by atoms with Crippen LogP contribution in [0.25, 0.3) is 16.8 Å². The Hall–Kier alpha value is -2.06. The van der Waals surface area contributed by atoms with Gasteiger partial charge in [0.25, 0.3) is 0 Å². The Labute approximate surface area is 198 Å². The summed E-state index contributed by atoms with van der Waals surface area (Å²) in [6.45, 7) is 10.9. The molecule has 1 fully saturated rings. The second-order valence-corrected chi connectivity index (χ2v) is 8.84. The van der Waals surface area contributed by atoms with Gasteiger partial charge in [-0.15, -0.1) is 0 Å². The fourth-order valence-corrected chi connectivity index (χ4v) is 4.81. The molecule has 4 rings (SSSR count). The summed E-state index contributed by atoms with van der Waals surface area (Å²) in [6, 6.07) is 5.96. The van der Waals surface area contributed by atoms with Crippen LogP contribution in [0.4, 0.5) is 5.82 Å². The molecule has 3 aromatic rings. The molecule has 0 radical (unpaired) electrons. The highest BCUT2D eigenvalue weighted by Crippen LogP contribution is 2.41. The van der Waals surface area contributed by atoms with Crippen molar-refractivity contribution in [3.63, 3.8) is 0 Å². The number of nitrogens with one attached hydrogen (secondary N) is 2. The van der Waals surface area contributed by atoms with E-state index in [9.17, 15) is 0 Å². The first-order valence-corrected chi connectivity index (χ1v) is 11.7. The van der Waals surface area contributed by atoms with Crippen LogP contribution in [0.2, 0.25) is 10.0 Å². The van der Waals surface area contributed by atoms with Crippen molar-refractivity contribution in [3.8, 4) is 16.9 Å². The molecule has 0 spiro atoms. The zero-order valence-corrected chi connectivity index (χ0v) is 20.3. The Morgan fingerprint density at radius 3 is 2.56 bits per heavy atom. The third kappa shape index (κ3) is 4.66. The SMILES string of the molecule is CCOc1cc(Cl)c(-c2c(C)nn3c(NCCNC4CCOC4C)cc(C)nc23)c(Cl)c1. The number of fused-ring (bicyclic) bond motifs is 1. The highest BCUT2D eigenvalue weighted by molar-refractivity contribution is 6.39. The van der Waals surface area contributed by atoms with Crippen LogP contribution < -0.4 is 15.4 Å². The van der Waals surface area contributed by atoms with E-state index in [0.717, 1.165) is 48.9 Å². The van der Waals surface area contributed by atoms with Crippen molar-refractivity contribution in [2.24, 2.45) is 0 Å². The van der Waals surface area contributed by atoms with E-state index in [1.807, 2.05) is 31.4 Å². The monoisotopic (exact) mass is 477 g/mol. The summed E-state index contributed by atoms with van der Waals surface area (Å²) in [5.41, 5.74) is 3.93. The molecule has 172 valence electrons. The number of hydrogen-bond donors (Lipinski definition) is 2. The van der Waals surface area contributed by atoms with Crippen LogP contribution >= 0.6 is 23.2 Å². The van der Waals surface area contributed by atoms with Crippen LogP contribution in [0.1, 0.15) is 31.7 Å². The van der Waals surface area contributed by atoms with Gasteiger partial charge in [-0.3, -0.25) is 0 Å². The summed E-state index contributed by atoms with van der Waals surface area (Å²) >= 11 is 13.3. The van der Waals surface area contributed by atoms with Crippen LogP contribution in [-0.2, 0) is 4.74 Å². The van der Waals surface area contributed by atoms with Crippen LogP contribution in [0.5, 0.6) is 5.75 Å². The van der Waals surface area contributed by atoms with Gasteiger partial charge in [0, 0.05) is 43.1 Å². The van der Waals surface area contributed by atoms with E-state index in [4.69, 9.17) is 42.8 Å². The third-order valence-corrected chi connectivity index (χ3v) is 6.28. The van der Waals surface area contributed by atoms with E-state index >= 15 is 0 Å². The number of ether oxygens (including phenoxy) is 2. The minimum absolute atomic E-state index is 0.254. The maximum atomic E-state index is 6.63. The van der Waals surface area contributed by atoms with E-state index in [1.165, 1.54) is 0 Å². The molecular formula is C23H29Cl2N5O2. The Balaban J connectivity index is 1.62. The van der Waals surface area contributed by atoms with Crippen molar-refractivity contribution in [2.45, 2.75) is 46.3 Å². The Morgan fingerprint density at radius 1 is 1.16 bits per heavy atom. The predicted octanol–water partition coefficient (Wildman–Crippen LogP) is 4.90. The summed E-state index contributed by atoms with van der Waals surface area (Å²) < 4.78 is 13.0. The number of anilines is 1. The molecule has 1 saturated heterocycles. The number of nitrogens with zero attached hydrogens (tertiary/aromatic N) is 3. The molecule has 9 heteroatoms. The maximum absolute atomic E-state index is 6.63. The van der Waals surface area contributed by atoms with E-state index in [0.29, 0.717) is 39.7 Å². The quantitative estimate of drug-likeness (QED) is 0.449. The largest absolute Gasteiger partial charge is 0.494 e. The van der Waals surface area contributed by atoms with Gasteiger partial charge in [0.05, 0.1) is 34.0 Å². The lowest BCUT2D eigenvalue weighted by Crippen LogP contribution is -2.37. The van der Waals surface area contributed by atoms with E-state index in [-0.39, 0.29) is 6.10 Å². The summed E-state index contributed by atoms with van der Waals surface area (Å²) in [4.78, 5) is 4.76. The maximum Gasteiger partial charge on any atom is 0.165 e. The number of hydrogen-bond acceptors (Lipinski definition) is 6. The first-order valence-electron chi connectivity index (χ1n) is 11.0. The van der Waals surface area contributed by atoms with E-state index < -0.39 is 0 Å². The highest BCUT2D eigenvalue weighted by atomic mass is 35.5. The molecule has 1 aliphatic rings. The molecule has 0 bridgehead atoms. The molecule has 7 nitrogen and oxygen atoms in total. The van der Waals surface area contributed by atoms with Crippen LogP contribution in [0.3, 0.4) is 0 Å². The lowest BCUT2D eigenvalue weighted by atomic mass is 10.1. The van der Waals surface area contributed by atoms with Gasteiger partial charge in [-0.25, -0.2) is 4.98 Å². The van der Waals surface area contributed by atoms with Gasteiger partial charge >= 0.3 is 0 Å². The van der Waals surface area contributed by atoms with Gasteiger partial charge in [-0.2, -0.15) is 9.61 Å². The average Bonchev–Trinajstić information content (AvgIpc) is 3.28. The molecule has 3 heterocycles. The minimum atomic E-state index is 0.254. The number of aromatic nitrogens is 3. The lowest BCUT2D eigenvalue weighted by Gasteiger charge is -2.16. The van der Waals surface area contributed by atoms with E-state index in [1.54, 1.807) is 12.1 Å². The summed E-state index contributed by atoms with van der Waals surface area (Å²) in [7, 11) is 0. The molecule has 2 N–H and O–H groups in total. The van der Waals surface area contributed by atoms with Gasteiger partial charge in [-0.05, 0) is 46.2 Å². The topological polar surface area (TPSA) is 72.7 Å². The second kappa shape index (κ2) is 9.83. The third-order valence-electron chi connectivity index (χ3n) is 5.68. The Morgan fingerprint density at radius 2 is 1.91 bits per heavy atom. The summed E-state index contributed by atoms with van der Waals surface area (Å²) in [5, 5.41) is 12.8. The number of rotatable bonds is 8. The van der Waals surface area contributed by atoms with Crippen molar-refractivity contribution in [3.05, 3.63) is 39.6 Å². The van der Waals surface area contributed by atoms with Crippen molar-refractivity contribution in [1.29, 1.82) is 0 Å². The van der Waals surface area contributed by atoms with Crippen molar-refractivity contribution in [1.82, 2.24) is 19.9 Å². The smallest absolute Gasteiger partial charge is 0.165 e. The zero-order chi connectivity index (χ0) is 22.8. The lowest BCUT2D eigenvalue weighted by molar-refractivity contribution is 0.113. The Bertz CT molecular complexity index is 1090. The van der Waals surface area contributed by atoms with Gasteiger partial charge in [0.15, 0.2) is 5.65 Å². The average molecular weight is 478 g/mol. The summed E-state index contributed by atoms with van der Waals surface area (Å²) in [5.74, 6) is 1.51. The number of aryl methyl sites for hydroxylation is 2. The first kappa shape index (κ1) is 23.1. The number of halogens is 2. The van der Waals surface area contributed by atoms with Crippen LogP contribution in [-0.4, -0.2) is 53.0 Å². The molecule has 1 aromatic carbocycles. The molecule has 2 unspecified atom stereocenters. The fraction of sp³-hybridized carbons (Fsp3) is 0.478. The Kier molecular flexibility index (Phi) is 7.10. The fourth-order valence-electron chi connectivity index (χ4n) is 4.15. The molecule has 2 aromatic heterocycles. The van der Waals surface area contributed by atoms with Crippen molar-refractivity contribution < 1.29 is 9.47 Å². The van der Waals surface area contributed by atoms with Gasteiger partial charge in [-0.1, -0.05) is 23.2 Å². The molecule has 32 heavy (non-hydrogen) atoms. The van der Waals surface area contributed by atoms with E-state index in [2.05, 4.69) is 17.6 Å². The standard InChI is InChI=1S/C23H29Cl2N5O2/c1-5-31-16-11-17(24)22(18(25)12-16)21-14(3)29-30-20(10-13(2)28-23(21)30)27-8-7-26-19-6-9-32-15(19)4/h10-12,15,19,26-27H,5-9H2,1-4H3. The molecule has 0 saturated carbocycles. The molecular weight excluding hydrogens is 449 g/mol. The van der Waals surface area contributed by atoms with Gasteiger partial charge in [0.2, 0.25) is 0 Å². The molecule has 1 aliphatic heterocycles. The van der Waals surface area contributed by atoms with Crippen LogP contribution in [0, 0.1) is 13.8 Å². The first-order chi connectivity index (χ1) is 15.4.